The summed E-state index contributed by atoms with van der Waals surface area (Å²) in [5.41, 5.74) is 1.76. The van der Waals surface area contributed by atoms with E-state index in [0.29, 0.717) is 23.7 Å². The lowest BCUT2D eigenvalue weighted by molar-refractivity contribution is 0.233. The van der Waals surface area contributed by atoms with Crippen LogP contribution in [0.25, 0.3) is 11.0 Å². The zero-order valence-electron chi connectivity index (χ0n) is 15.3. The fourth-order valence-corrected chi connectivity index (χ4v) is 2.87. The third kappa shape index (κ3) is 3.99. The van der Waals surface area contributed by atoms with Gasteiger partial charge in [0.2, 0.25) is 0 Å². The first-order valence-corrected chi connectivity index (χ1v) is 8.85. The molecule has 0 bridgehead atoms. The minimum atomic E-state index is -0.264. The average Bonchev–Trinajstić information content (AvgIpc) is 3.08. The normalized spacial score (nSPS) is 13.2. The van der Waals surface area contributed by atoms with Gasteiger partial charge >= 0.3 is 6.03 Å². The van der Waals surface area contributed by atoms with E-state index in [1.807, 2.05) is 75.4 Å². The number of hydrogen-bond acceptors (Lipinski definition) is 3. The van der Waals surface area contributed by atoms with E-state index in [1.54, 1.807) is 0 Å². The minimum absolute atomic E-state index is 0.0800. The van der Waals surface area contributed by atoms with E-state index < -0.39 is 0 Å². The van der Waals surface area contributed by atoms with Gasteiger partial charge in [0, 0.05) is 5.39 Å². The van der Waals surface area contributed by atoms with Crippen molar-refractivity contribution in [2.24, 2.45) is 0 Å². The van der Waals surface area contributed by atoms with Crippen molar-refractivity contribution in [2.75, 3.05) is 6.61 Å². The van der Waals surface area contributed by atoms with Crippen molar-refractivity contribution >= 4 is 17.0 Å². The summed E-state index contributed by atoms with van der Waals surface area (Å²) < 4.78 is 11.5. The van der Waals surface area contributed by atoms with Crippen LogP contribution >= 0.6 is 0 Å². The Morgan fingerprint density at radius 3 is 2.50 bits per heavy atom. The molecule has 0 saturated heterocycles. The maximum absolute atomic E-state index is 12.3. The van der Waals surface area contributed by atoms with Crippen LogP contribution in [0.2, 0.25) is 0 Å². The predicted molar refractivity (Wildman–Crippen MR) is 102 cm³/mol. The molecule has 5 heteroatoms. The van der Waals surface area contributed by atoms with Gasteiger partial charge < -0.3 is 19.8 Å². The Morgan fingerprint density at radius 1 is 1.04 bits per heavy atom. The number of para-hydroxylation sites is 1. The number of ether oxygens (including phenoxy) is 1. The molecule has 0 spiro atoms. The molecule has 0 aliphatic heterocycles. The molecule has 2 aromatic carbocycles. The summed E-state index contributed by atoms with van der Waals surface area (Å²) in [7, 11) is 0. The predicted octanol–water partition coefficient (Wildman–Crippen LogP) is 4.95. The largest absolute Gasteiger partial charge is 0.490 e. The number of nitrogens with one attached hydrogen (secondary N) is 2. The van der Waals surface area contributed by atoms with E-state index in [1.165, 1.54) is 0 Å². The second-order valence-electron chi connectivity index (χ2n) is 6.23. The second-order valence-corrected chi connectivity index (χ2v) is 6.23. The molecule has 0 radical (unpaired) electrons. The molecule has 0 aliphatic carbocycles. The van der Waals surface area contributed by atoms with Crippen molar-refractivity contribution < 1.29 is 13.9 Å². The molecule has 0 fully saturated rings. The van der Waals surface area contributed by atoms with Crippen LogP contribution in [-0.4, -0.2) is 12.6 Å². The van der Waals surface area contributed by atoms with Crippen molar-refractivity contribution in [3.05, 3.63) is 65.9 Å². The van der Waals surface area contributed by atoms with Crippen LogP contribution < -0.4 is 15.4 Å². The van der Waals surface area contributed by atoms with E-state index in [0.717, 1.165) is 10.9 Å². The highest BCUT2D eigenvalue weighted by atomic mass is 16.5. The molecule has 1 aromatic heterocycles. The fraction of sp³-hybridized carbons (Fsp3) is 0.286. The quantitative estimate of drug-likeness (QED) is 0.659. The molecule has 1 heterocycles. The zero-order valence-corrected chi connectivity index (χ0v) is 15.3. The third-order valence-corrected chi connectivity index (χ3v) is 4.25. The Bertz CT molecular complexity index is 873. The lowest BCUT2D eigenvalue weighted by atomic mass is 10.1. The molecule has 26 heavy (non-hydrogen) atoms. The van der Waals surface area contributed by atoms with Crippen molar-refractivity contribution in [1.82, 2.24) is 10.6 Å². The Kier molecular flexibility index (Phi) is 5.46. The number of carbonyl (C=O) groups excluding carboxylic acids is 1. The first-order valence-electron chi connectivity index (χ1n) is 8.85. The smallest absolute Gasteiger partial charge is 0.315 e. The maximum atomic E-state index is 12.3. The van der Waals surface area contributed by atoms with Crippen LogP contribution in [0.4, 0.5) is 4.79 Å². The first kappa shape index (κ1) is 17.9. The average molecular weight is 352 g/mol. The van der Waals surface area contributed by atoms with Crippen molar-refractivity contribution in [3.63, 3.8) is 0 Å². The topological polar surface area (TPSA) is 63.5 Å². The van der Waals surface area contributed by atoms with Crippen LogP contribution in [0, 0.1) is 0 Å². The summed E-state index contributed by atoms with van der Waals surface area (Å²) in [6, 6.07) is 17.0. The van der Waals surface area contributed by atoms with Gasteiger partial charge in [-0.3, -0.25) is 0 Å². The SMILES string of the molecule is CCOc1cccc2cc(C(C)NC(=O)NC(C)c3ccccc3)oc12. The highest BCUT2D eigenvalue weighted by Gasteiger charge is 2.17. The molecule has 0 aliphatic rings. The van der Waals surface area contributed by atoms with Crippen LogP contribution in [-0.2, 0) is 0 Å². The number of benzene rings is 2. The number of urea groups is 1. The Labute approximate surface area is 153 Å². The summed E-state index contributed by atoms with van der Waals surface area (Å²) in [5.74, 6) is 1.40. The highest BCUT2D eigenvalue weighted by molar-refractivity contribution is 5.84. The summed E-state index contributed by atoms with van der Waals surface area (Å²) >= 11 is 0. The lowest BCUT2D eigenvalue weighted by Gasteiger charge is -2.17. The number of hydrogen-bond donors (Lipinski definition) is 2. The molecule has 2 N–H and O–H groups in total. The van der Waals surface area contributed by atoms with Crippen LogP contribution in [0.5, 0.6) is 5.75 Å². The standard InChI is InChI=1S/C21H24N2O3/c1-4-25-18-12-8-11-17-13-19(26-20(17)18)15(3)23-21(24)22-14(2)16-9-6-5-7-10-16/h5-15H,4H2,1-3H3,(H2,22,23,24). The third-order valence-electron chi connectivity index (χ3n) is 4.25. The Morgan fingerprint density at radius 2 is 1.77 bits per heavy atom. The van der Waals surface area contributed by atoms with Gasteiger partial charge in [0.05, 0.1) is 18.7 Å². The van der Waals surface area contributed by atoms with Crippen LogP contribution in [0.3, 0.4) is 0 Å². The summed E-state index contributed by atoms with van der Waals surface area (Å²) in [6.07, 6.45) is 0. The van der Waals surface area contributed by atoms with Crippen molar-refractivity contribution in [2.45, 2.75) is 32.9 Å². The van der Waals surface area contributed by atoms with Gasteiger partial charge in [0.25, 0.3) is 0 Å². The molecule has 2 unspecified atom stereocenters. The molecule has 3 rings (SSSR count). The van der Waals surface area contributed by atoms with Gasteiger partial charge in [-0.1, -0.05) is 42.5 Å². The van der Waals surface area contributed by atoms with E-state index in [2.05, 4.69) is 10.6 Å². The van der Waals surface area contributed by atoms with E-state index in [9.17, 15) is 4.79 Å². The second kappa shape index (κ2) is 7.95. The molecule has 5 nitrogen and oxygen atoms in total. The van der Waals surface area contributed by atoms with Gasteiger partial charge in [-0.25, -0.2) is 4.79 Å². The van der Waals surface area contributed by atoms with E-state index in [-0.39, 0.29) is 18.1 Å². The molecule has 3 aromatic rings. The maximum Gasteiger partial charge on any atom is 0.315 e. The lowest BCUT2D eigenvalue weighted by Crippen LogP contribution is -2.38. The summed E-state index contributed by atoms with van der Waals surface area (Å²) in [5, 5.41) is 6.83. The summed E-state index contributed by atoms with van der Waals surface area (Å²) in [6.45, 7) is 6.35. The molecule has 136 valence electrons. The molecular weight excluding hydrogens is 328 g/mol. The zero-order chi connectivity index (χ0) is 18.5. The molecule has 2 atom stereocenters. The van der Waals surface area contributed by atoms with E-state index >= 15 is 0 Å². The number of carbonyl (C=O) groups is 1. The van der Waals surface area contributed by atoms with Crippen molar-refractivity contribution in [1.29, 1.82) is 0 Å². The molecular formula is C21H24N2O3. The van der Waals surface area contributed by atoms with Gasteiger partial charge in [-0.2, -0.15) is 0 Å². The highest BCUT2D eigenvalue weighted by Crippen LogP contribution is 2.31. The van der Waals surface area contributed by atoms with Gasteiger partial charge in [0.15, 0.2) is 11.3 Å². The summed E-state index contributed by atoms with van der Waals surface area (Å²) in [4.78, 5) is 12.3. The molecule has 0 saturated carbocycles. The first-order chi connectivity index (χ1) is 12.6. The van der Waals surface area contributed by atoms with Crippen LogP contribution in [0.15, 0.2) is 59.0 Å². The van der Waals surface area contributed by atoms with Crippen LogP contribution in [0.1, 0.15) is 44.2 Å². The van der Waals surface area contributed by atoms with Gasteiger partial charge in [-0.15, -0.1) is 0 Å². The monoisotopic (exact) mass is 352 g/mol. The van der Waals surface area contributed by atoms with Gasteiger partial charge in [0.1, 0.15) is 5.76 Å². The minimum Gasteiger partial charge on any atom is -0.490 e. The molecule has 2 amide bonds. The number of fused-ring (bicyclic) bond motifs is 1. The number of amides is 2. The Balaban J connectivity index is 1.67. The number of furan rings is 1. The van der Waals surface area contributed by atoms with Crippen molar-refractivity contribution in [3.8, 4) is 5.75 Å². The fourth-order valence-electron chi connectivity index (χ4n) is 2.87. The van der Waals surface area contributed by atoms with Gasteiger partial charge in [-0.05, 0) is 38.5 Å². The van der Waals surface area contributed by atoms with E-state index in [4.69, 9.17) is 9.15 Å². The number of rotatable bonds is 6. The Hall–Kier alpha value is -2.95.